The predicted octanol–water partition coefficient (Wildman–Crippen LogP) is 1.81. The molecule has 2 rings (SSSR count). The lowest BCUT2D eigenvalue weighted by atomic mass is 9.96. The minimum Gasteiger partial charge on any atom is -0.329 e. The second kappa shape index (κ2) is 6.26. The summed E-state index contributed by atoms with van der Waals surface area (Å²) in [5.74, 6) is -0.156. The van der Waals surface area contributed by atoms with E-state index in [4.69, 9.17) is 0 Å². The van der Waals surface area contributed by atoms with Crippen LogP contribution in [0, 0.1) is 20.8 Å². The Morgan fingerprint density at radius 2 is 1.86 bits per heavy atom. The van der Waals surface area contributed by atoms with Gasteiger partial charge in [-0.2, -0.15) is 0 Å². The molecule has 5 nitrogen and oxygen atoms in total. The first-order chi connectivity index (χ1) is 9.90. The van der Waals surface area contributed by atoms with Crippen molar-refractivity contribution in [2.45, 2.75) is 33.7 Å². The SMILES string of the molecule is Cc1cc(C)c(C(C)NCCN2C(=O)CNC2=O)cc1C. The van der Waals surface area contributed by atoms with E-state index in [0.29, 0.717) is 13.1 Å². The number of aryl methyl sites for hydroxylation is 3. The molecular formula is C16H23N3O2. The maximum Gasteiger partial charge on any atom is 0.324 e. The monoisotopic (exact) mass is 289 g/mol. The predicted molar refractivity (Wildman–Crippen MR) is 82.2 cm³/mol. The molecule has 1 aromatic rings. The summed E-state index contributed by atoms with van der Waals surface area (Å²) in [5.41, 5.74) is 5.09. The van der Waals surface area contributed by atoms with Gasteiger partial charge in [-0.3, -0.25) is 9.69 Å². The molecule has 114 valence electrons. The van der Waals surface area contributed by atoms with E-state index in [2.05, 4.69) is 50.5 Å². The fourth-order valence-electron chi connectivity index (χ4n) is 2.63. The van der Waals surface area contributed by atoms with E-state index in [1.807, 2.05) is 0 Å². The number of rotatable bonds is 5. The van der Waals surface area contributed by atoms with Crippen molar-refractivity contribution in [1.29, 1.82) is 0 Å². The lowest BCUT2D eigenvalue weighted by Crippen LogP contribution is -2.37. The molecule has 0 bridgehead atoms. The highest BCUT2D eigenvalue weighted by Gasteiger charge is 2.27. The lowest BCUT2D eigenvalue weighted by Gasteiger charge is -2.20. The summed E-state index contributed by atoms with van der Waals surface area (Å²) in [4.78, 5) is 24.2. The first-order valence-corrected chi connectivity index (χ1v) is 7.29. The summed E-state index contributed by atoms with van der Waals surface area (Å²) >= 11 is 0. The molecule has 0 aromatic heterocycles. The zero-order valence-corrected chi connectivity index (χ0v) is 13.1. The lowest BCUT2D eigenvalue weighted by molar-refractivity contribution is -0.124. The first kappa shape index (κ1) is 15.5. The van der Waals surface area contributed by atoms with Crippen molar-refractivity contribution in [3.05, 3.63) is 34.4 Å². The van der Waals surface area contributed by atoms with E-state index in [-0.39, 0.29) is 24.5 Å². The van der Waals surface area contributed by atoms with Crippen LogP contribution in [0.5, 0.6) is 0 Å². The minimum absolute atomic E-state index is 0.116. The van der Waals surface area contributed by atoms with Gasteiger partial charge in [-0.15, -0.1) is 0 Å². The van der Waals surface area contributed by atoms with E-state index in [1.165, 1.54) is 27.2 Å². The quantitative estimate of drug-likeness (QED) is 0.813. The number of carbonyl (C=O) groups is 2. The highest BCUT2D eigenvalue weighted by atomic mass is 16.2. The van der Waals surface area contributed by atoms with Crippen LogP contribution in [0.25, 0.3) is 0 Å². The second-order valence-corrected chi connectivity index (χ2v) is 5.67. The van der Waals surface area contributed by atoms with Gasteiger partial charge in [0.05, 0.1) is 6.54 Å². The Morgan fingerprint density at radius 3 is 2.48 bits per heavy atom. The Morgan fingerprint density at radius 1 is 1.19 bits per heavy atom. The standard InChI is InChI=1S/C16H23N3O2/c1-10-7-12(3)14(8-11(10)2)13(4)17-5-6-19-15(20)9-18-16(19)21/h7-8,13,17H,5-6,9H2,1-4H3,(H,18,21). The number of nitrogens with one attached hydrogen (secondary N) is 2. The molecular weight excluding hydrogens is 266 g/mol. The molecule has 21 heavy (non-hydrogen) atoms. The molecule has 1 atom stereocenters. The number of amides is 3. The number of benzene rings is 1. The maximum atomic E-state index is 11.5. The van der Waals surface area contributed by atoms with Crippen LogP contribution in [-0.4, -0.2) is 36.5 Å². The van der Waals surface area contributed by atoms with Crippen molar-refractivity contribution < 1.29 is 9.59 Å². The zero-order chi connectivity index (χ0) is 15.6. The topological polar surface area (TPSA) is 61.4 Å². The minimum atomic E-state index is -0.295. The molecule has 0 spiro atoms. The van der Waals surface area contributed by atoms with E-state index < -0.39 is 0 Å². The van der Waals surface area contributed by atoms with Gasteiger partial charge in [0.2, 0.25) is 5.91 Å². The zero-order valence-electron chi connectivity index (χ0n) is 13.1. The molecule has 1 saturated heterocycles. The van der Waals surface area contributed by atoms with Gasteiger partial charge in [-0.05, 0) is 49.9 Å². The number of urea groups is 1. The molecule has 5 heteroatoms. The summed E-state index contributed by atoms with van der Waals surface area (Å²) in [6.45, 7) is 9.54. The van der Waals surface area contributed by atoms with Gasteiger partial charge in [0.25, 0.3) is 0 Å². The van der Waals surface area contributed by atoms with E-state index in [1.54, 1.807) is 0 Å². The van der Waals surface area contributed by atoms with Crippen LogP contribution in [0.2, 0.25) is 0 Å². The Labute approximate surface area is 125 Å². The summed E-state index contributed by atoms with van der Waals surface area (Å²) in [6, 6.07) is 4.29. The van der Waals surface area contributed by atoms with Gasteiger partial charge in [-0.25, -0.2) is 4.79 Å². The fraction of sp³-hybridized carbons (Fsp3) is 0.500. The third-order valence-corrected chi connectivity index (χ3v) is 4.07. The summed E-state index contributed by atoms with van der Waals surface area (Å²) in [7, 11) is 0. The average Bonchev–Trinajstić information content (AvgIpc) is 2.74. The van der Waals surface area contributed by atoms with Gasteiger partial charge in [0, 0.05) is 19.1 Å². The van der Waals surface area contributed by atoms with Gasteiger partial charge >= 0.3 is 6.03 Å². The van der Waals surface area contributed by atoms with Crippen molar-refractivity contribution in [3.8, 4) is 0 Å². The maximum absolute atomic E-state index is 11.5. The molecule has 1 fully saturated rings. The Hall–Kier alpha value is -1.88. The largest absolute Gasteiger partial charge is 0.329 e. The summed E-state index contributed by atoms with van der Waals surface area (Å²) in [6.07, 6.45) is 0. The third-order valence-electron chi connectivity index (χ3n) is 4.07. The van der Waals surface area contributed by atoms with Gasteiger partial charge in [0.15, 0.2) is 0 Å². The van der Waals surface area contributed by atoms with Gasteiger partial charge < -0.3 is 10.6 Å². The average molecular weight is 289 g/mol. The third kappa shape index (κ3) is 3.42. The summed E-state index contributed by atoms with van der Waals surface area (Å²) in [5, 5.41) is 5.90. The van der Waals surface area contributed by atoms with Gasteiger partial charge in [-0.1, -0.05) is 12.1 Å². The van der Waals surface area contributed by atoms with Crippen LogP contribution in [0.4, 0.5) is 4.79 Å². The molecule has 1 heterocycles. The number of hydrogen-bond donors (Lipinski definition) is 2. The van der Waals surface area contributed by atoms with E-state index in [0.717, 1.165) is 0 Å². The molecule has 0 saturated carbocycles. The Bertz CT molecular complexity index is 553. The summed E-state index contributed by atoms with van der Waals surface area (Å²) < 4.78 is 0. The van der Waals surface area contributed by atoms with Crippen LogP contribution >= 0.6 is 0 Å². The smallest absolute Gasteiger partial charge is 0.324 e. The van der Waals surface area contributed by atoms with Crippen molar-refractivity contribution in [1.82, 2.24) is 15.5 Å². The normalized spacial score (nSPS) is 16.3. The van der Waals surface area contributed by atoms with Crippen molar-refractivity contribution in [2.75, 3.05) is 19.6 Å². The fourth-order valence-corrected chi connectivity index (χ4v) is 2.63. The molecule has 0 radical (unpaired) electrons. The van der Waals surface area contributed by atoms with Crippen molar-refractivity contribution in [2.24, 2.45) is 0 Å². The Kier molecular flexibility index (Phi) is 4.63. The van der Waals surface area contributed by atoms with Crippen LogP contribution in [0.3, 0.4) is 0 Å². The van der Waals surface area contributed by atoms with Crippen LogP contribution in [0.1, 0.15) is 35.2 Å². The van der Waals surface area contributed by atoms with E-state index >= 15 is 0 Å². The second-order valence-electron chi connectivity index (χ2n) is 5.67. The van der Waals surface area contributed by atoms with Crippen molar-refractivity contribution >= 4 is 11.9 Å². The van der Waals surface area contributed by atoms with Crippen LogP contribution < -0.4 is 10.6 Å². The molecule has 1 aromatic carbocycles. The first-order valence-electron chi connectivity index (χ1n) is 7.29. The highest BCUT2D eigenvalue weighted by molar-refractivity contribution is 6.01. The molecule has 2 N–H and O–H groups in total. The molecule has 1 aliphatic heterocycles. The van der Waals surface area contributed by atoms with E-state index in [9.17, 15) is 9.59 Å². The van der Waals surface area contributed by atoms with Gasteiger partial charge in [0.1, 0.15) is 0 Å². The van der Waals surface area contributed by atoms with Crippen LogP contribution in [-0.2, 0) is 4.79 Å². The molecule has 1 aliphatic rings. The van der Waals surface area contributed by atoms with Crippen LogP contribution in [0.15, 0.2) is 12.1 Å². The molecule has 0 aliphatic carbocycles. The number of hydrogen-bond acceptors (Lipinski definition) is 3. The van der Waals surface area contributed by atoms with Crippen molar-refractivity contribution in [3.63, 3.8) is 0 Å². The number of imide groups is 1. The number of nitrogens with zero attached hydrogens (tertiary/aromatic N) is 1. The number of carbonyl (C=O) groups excluding carboxylic acids is 2. The highest BCUT2D eigenvalue weighted by Crippen LogP contribution is 2.21. The molecule has 3 amide bonds. The Balaban J connectivity index is 1.93. The molecule has 1 unspecified atom stereocenters.